The van der Waals surface area contributed by atoms with Gasteiger partial charge in [0.25, 0.3) is 5.95 Å². The van der Waals surface area contributed by atoms with Crippen molar-refractivity contribution >= 4 is 18.4 Å². The summed E-state index contributed by atoms with van der Waals surface area (Å²) in [5.74, 6) is 0.112. The van der Waals surface area contributed by atoms with Crippen molar-refractivity contribution in [2.45, 2.75) is 0 Å². The minimum atomic E-state index is 0.112. The summed E-state index contributed by atoms with van der Waals surface area (Å²) in [7, 11) is 0. The lowest BCUT2D eigenvalue weighted by atomic mass is 10.2. The number of carbonyl (C=O) groups is 1. The van der Waals surface area contributed by atoms with Crippen molar-refractivity contribution in [1.29, 1.82) is 0 Å². The Kier molecular flexibility index (Phi) is 2.68. The van der Waals surface area contributed by atoms with Gasteiger partial charge in [-0.25, -0.2) is 0 Å². The zero-order valence-corrected chi connectivity index (χ0v) is 8.19. The van der Waals surface area contributed by atoms with Crippen molar-refractivity contribution in [2.24, 2.45) is 5.10 Å². The number of tetrazole rings is 1. The molecule has 1 aromatic carbocycles. The number of hydrogen-bond donors (Lipinski definition) is 1. The maximum absolute atomic E-state index is 10.4. The molecule has 16 heavy (non-hydrogen) atoms. The number of nitrogen functional groups attached to an aromatic ring is 1. The standard InChI is InChI=1S/C9H8N6O/c10-9-12-13-14-15(9)11-5-7-1-3-8(6-16)4-2-7/h1-6H,(H2,10,12,14)/b11-5-. The van der Waals surface area contributed by atoms with E-state index < -0.39 is 0 Å². The molecule has 0 spiro atoms. The molecule has 2 aromatic rings. The van der Waals surface area contributed by atoms with Crippen molar-refractivity contribution in [3.8, 4) is 0 Å². The van der Waals surface area contributed by atoms with Crippen LogP contribution >= 0.6 is 0 Å². The second kappa shape index (κ2) is 4.30. The van der Waals surface area contributed by atoms with Crippen molar-refractivity contribution in [2.75, 3.05) is 5.73 Å². The molecule has 7 nitrogen and oxygen atoms in total. The Labute approximate surface area is 90.6 Å². The Balaban J connectivity index is 2.17. The smallest absolute Gasteiger partial charge is 0.263 e. The van der Waals surface area contributed by atoms with Gasteiger partial charge in [-0.2, -0.15) is 5.10 Å². The second-order valence-electron chi connectivity index (χ2n) is 2.96. The van der Waals surface area contributed by atoms with E-state index in [0.29, 0.717) is 5.56 Å². The lowest BCUT2D eigenvalue weighted by Gasteiger charge is -1.93. The lowest BCUT2D eigenvalue weighted by Crippen LogP contribution is -1.99. The van der Waals surface area contributed by atoms with Gasteiger partial charge in [-0.1, -0.05) is 34.2 Å². The van der Waals surface area contributed by atoms with Crippen molar-refractivity contribution in [3.05, 3.63) is 35.4 Å². The highest BCUT2D eigenvalue weighted by atomic mass is 16.1. The van der Waals surface area contributed by atoms with Crippen LogP contribution in [0.2, 0.25) is 0 Å². The Hall–Kier alpha value is -2.57. The van der Waals surface area contributed by atoms with E-state index >= 15 is 0 Å². The molecule has 0 radical (unpaired) electrons. The topological polar surface area (TPSA) is 99.1 Å². The van der Waals surface area contributed by atoms with Crippen LogP contribution in [0.1, 0.15) is 15.9 Å². The number of nitrogens with zero attached hydrogens (tertiary/aromatic N) is 5. The first-order valence-electron chi connectivity index (χ1n) is 4.43. The first kappa shape index (κ1) is 9.97. The Morgan fingerprint density at radius 2 is 1.94 bits per heavy atom. The molecule has 1 aromatic heterocycles. The van der Waals surface area contributed by atoms with Gasteiger partial charge in [-0.05, 0) is 16.0 Å². The predicted octanol–water partition coefficient (Wildman–Crippen LogP) is -0.0500. The van der Waals surface area contributed by atoms with Gasteiger partial charge in [0, 0.05) is 5.56 Å². The van der Waals surface area contributed by atoms with Crippen LogP contribution < -0.4 is 5.73 Å². The number of aromatic nitrogens is 4. The van der Waals surface area contributed by atoms with E-state index in [1.165, 1.54) is 0 Å². The Bertz CT molecular complexity index is 515. The molecule has 80 valence electrons. The molecule has 0 aliphatic carbocycles. The van der Waals surface area contributed by atoms with Gasteiger partial charge >= 0.3 is 0 Å². The first-order valence-corrected chi connectivity index (χ1v) is 4.43. The third-order valence-electron chi connectivity index (χ3n) is 1.87. The first-order chi connectivity index (χ1) is 7.79. The summed E-state index contributed by atoms with van der Waals surface area (Å²) < 4.78 is 0. The predicted molar refractivity (Wildman–Crippen MR) is 57.1 cm³/mol. The third kappa shape index (κ3) is 2.08. The van der Waals surface area contributed by atoms with E-state index in [1.807, 2.05) is 0 Å². The summed E-state index contributed by atoms with van der Waals surface area (Å²) in [6.07, 6.45) is 2.32. The van der Waals surface area contributed by atoms with E-state index in [4.69, 9.17) is 5.73 Å². The lowest BCUT2D eigenvalue weighted by molar-refractivity contribution is 0.112. The number of rotatable bonds is 3. The highest BCUT2D eigenvalue weighted by Gasteiger charge is 1.96. The van der Waals surface area contributed by atoms with Crippen LogP contribution in [0.4, 0.5) is 5.95 Å². The maximum atomic E-state index is 10.4. The zero-order valence-electron chi connectivity index (χ0n) is 8.19. The minimum absolute atomic E-state index is 0.112. The molecule has 2 rings (SSSR count). The number of carbonyl (C=O) groups excluding carboxylic acids is 1. The summed E-state index contributed by atoms with van der Waals surface area (Å²) in [6, 6.07) is 6.90. The number of aldehydes is 1. The van der Waals surface area contributed by atoms with Crippen LogP contribution in [0.25, 0.3) is 0 Å². The molecule has 0 amide bonds. The number of hydrogen-bond acceptors (Lipinski definition) is 6. The quantitative estimate of drug-likeness (QED) is 0.572. The van der Waals surface area contributed by atoms with E-state index in [9.17, 15) is 4.79 Å². The second-order valence-corrected chi connectivity index (χ2v) is 2.96. The highest BCUT2D eigenvalue weighted by molar-refractivity contribution is 5.82. The summed E-state index contributed by atoms with van der Waals surface area (Å²) >= 11 is 0. The molecular formula is C9H8N6O. The van der Waals surface area contributed by atoms with Gasteiger partial charge in [0.1, 0.15) is 6.29 Å². The Morgan fingerprint density at radius 1 is 1.25 bits per heavy atom. The molecule has 1 heterocycles. The van der Waals surface area contributed by atoms with Gasteiger partial charge in [0.05, 0.1) is 6.21 Å². The van der Waals surface area contributed by atoms with Crippen LogP contribution in [0, 0.1) is 0 Å². The van der Waals surface area contributed by atoms with E-state index in [2.05, 4.69) is 20.6 Å². The molecule has 2 N–H and O–H groups in total. The fourth-order valence-corrected chi connectivity index (χ4v) is 1.05. The number of nitrogens with two attached hydrogens (primary N) is 1. The maximum Gasteiger partial charge on any atom is 0.263 e. The van der Waals surface area contributed by atoms with Crippen molar-refractivity contribution in [1.82, 2.24) is 20.3 Å². The van der Waals surface area contributed by atoms with E-state index in [1.54, 1.807) is 30.5 Å². The molecular weight excluding hydrogens is 208 g/mol. The van der Waals surface area contributed by atoms with Crippen molar-refractivity contribution in [3.63, 3.8) is 0 Å². The molecule has 0 aliphatic rings. The average molecular weight is 216 g/mol. The monoisotopic (exact) mass is 216 g/mol. The number of benzene rings is 1. The molecule has 0 saturated heterocycles. The Morgan fingerprint density at radius 3 is 2.50 bits per heavy atom. The van der Waals surface area contributed by atoms with Crippen molar-refractivity contribution < 1.29 is 4.79 Å². The molecule has 0 aliphatic heterocycles. The van der Waals surface area contributed by atoms with Gasteiger partial charge in [-0.3, -0.25) is 4.79 Å². The van der Waals surface area contributed by atoms with E-state index in [0.717, 1.165) is 16.6 Å². The van der Waals surface area contributed by atoms with Crippen LogP contribution in [0.3, 0.4) is 0 Å². The van der Waals surface area contributed by atoms with Crippen LogP contribution in [-0.4, -0.2) is 32.8 Å². The summed E-state index contributed by atoms with van der Waals surface area (Å²) in [4.78, 5) is 11.5. The van der Waals surface area contributed by atoms with Crippen LogP contribution in [0.5, 0.6) is 0 Å². The summed E-state index contributed by atoms with van der Waals surface area (Å²) in [5, 5.41) is 14.3. The van der Waals surface area contributed by atoms with Gasteiger partial charge < -0.3 is 5.73 Å². The minimum Gasteiger partial charge on any atom is -0.365 e. The van der Waals surface area contributed by atoms with Gasteiger partial charge in [0.2, 0.25) is 0 Å². The third-order valence-corrected chi connectivity index (χ3v) is 1.87. The van der Waals surface area contributed by atoms with Gasteiger partial charge in [0.15, 0.2) is 0 Å². The molecule has 0 bridgehead atoms. The van der Waals surface area contributed by atoms with E-state index in [-0.39, 0.29) is 5.95 Å². The number of anilines is 1. The largest absolute Gasteiger partial charge is 0.365 e. The molecule has 0 saturated carbocycles. The molecule has 0 fully saturated rings. The molecule has 7 heteroatoms. The molecule has 0 unspecified atom stereocenters. The van der Waals surface area contributed by atoms with Gasteiger partial charge in [-0.15, -0.1) is 0 Å². The fourth-order valence-electron chi connectivity index (χ4n) is 1.05. The highest BCUT2D eigenvalue weighted by Crippen LogP contribution is 2.00. The summed E-state index contributed by atoms with van der Waals surface area (Å²) in [6.45, 7) is 0. The fraction of sp³-hybridized carbons (Fsp3) is 0. The normalized spacial score (nSPS) is 10.8. The zero-order chi connectivity index (χ0) is 11.4. The van der Waals surface area contributed by atoms with Crippen LogP contribution in [0.15, 0.2) is 29.4 Å². The van der Waals surface area contributed by atoms with Crippen LogP contribution in [-0.2, 0) is 0 Å². The average Bonchev–Trinajstić information content (AvgIpc) is 2.73. The summed E-state index contributed by atoms with van der Waals surface area (Å²) in [5.41, 5.74) is 6.85. The SMILES string of the molecule is Nc1nnnn1/N=C\c1ccc(C=O)cc1. The molecule has 0 atom stereocenters.